The van der Waals surface area contributed by atoms with Gasteiger partial charge >= 0.3 is 6.18 Å². The second kappa shape index (κ2) is 6.30. The Morgan fingerprint density at radius 2 is 1.79 bits per heavy atom. The molecular formula is C14H21BF3P. The molecule has 0 saturated carbocycles. The molecule has 1 aromatic carbocycles. The molecule has 1 unspecified atom stereocenters. The summed E-state index contributed by atoms with van der Waals surface area (Å²) in [6.45, 7) is 8.82. The van der Waals surface area contributed by atoms with Crippen LogP contribution in [0, 0.1) is 0 Å². The van der Waals surface area contributed by atoms with Crippen LogP contribution in [0.4, 0.5) is 13.2 Å². The minimum Gasteiger partial charge on any atom is -0.166 e. The van der Waals surface area contributed by atoms with E-state index >= 15 is 0 Å². The topological polar surface area (TPSA) is 0 Å². The first kappa shape index (κ1) is 16.6. The average Bonchev–Trinajstić information content (AvgIpc) is 2.27. The molecule has 0 radical (unpaired) electrons. The first-order valence-electron chi connectivity index (χ1n) is 6.50. The third-order valence-electron chi connectivity index (χ3n) is 3.42. The van der Waals surface area contributed by atoms with Crippen LogP contribution in [0.3, 0.4) is 0 Å². The predicted octanol–water partition coefficient (Wildman–Crippen LogP) is 5.35. The molecule has 0 amide bonds. The number of halogens is 3. The van der Waals surface area contributed by atoms with Crippen molar-refractivity contribution in [3.63, 3.8) is 0 Å². The molecule has 0 saturated heterocycles. The molecule has 106 valence electrons. The van der Waals surface area contributed by atoms with E-state index in [0.717, 1.165) is 32.7 Å². The van der Waals surface area contributed by atoms with E-state index in [0.29, 0.717) is 6.43 Å². The Morgan fingerprint density at radius 3 is 2.32 bits per heavy atom. The lowest BCUT2D eigenvalue weighted by atomic mass is 9.55. The molecule has 0 aromatic heterocycles. The van der Waals surface area contributed by atoms with Crippen molar-refractivity contribution in [2.45, 2.75) is 45.5 Å². The third-order valence-corrected chi connectivity index (χ3v) is 5.43. The normalized spacial score (nSPS) is 13.2. The zero-order valence-electron chi connectivity index (χ0n) is 11.9. The zero-order valence-corrected chi connectivity index (χ0v) is 12.9. The van der Waals surface area contributed by atoms with E-state index < -0.39 is 11.7 Å². The molecular weight excluding hydrogens is 267 g/mol. The fourth-order valence-corrected chi connectivity index (χ4v) is 3.12. The molecule has 0 heterocycles. The quantitative estimate of drug-likeness (QED) is 0.517. The van der Waals surface area contributed by atoms with Gasteiger partial charge < -0.3 is 0 Å². The van der Waals surface area contributed by atoms with E-state index in [1.165, 1.54) is 12.1 Å². The Bertz CT molecular complexity index is 410. The van der Waals surface area contributed by atoms with Crippen LogP contribution in [0.5, 0.6) is 0 Å². The van der Waals surface area contributed by atoms with Crippen LogP contribution in [0.1, 0.15) is 31.9 Å². The van der Waals surface area contributed by atoms with Crippen molar-refractivity contribution in [3.05, 3.63) is 35.4 Å². The van der Waals surface area contributed by atoms with E-state index in [4.69, 9.17) is 0 Å². The molecule has 0 fully saturated rings. The molecule has 0 bridgehead atoms. The Morgan fingerprint density at radius 1 is 1.16 bits per heavy atom. The van der Waals surface area contributed by atoms with Crippen molar-refractivity contribution in [3.8, 4) is 0 Å². The van der Waals surface area contributed by atoms with Crippen molar-refractivity contribution in [2.24, 2.45) is 0 Å². The fourth-order valence-electron chi connectivity index (χ4n) is 1.64. The number of alkyl halides is 3. The molecule has 0 aliphatic carbocycles. The van der Waals surface area contributed by atoms with E-state index in [2.05, 4.69) is 27.6 Å². The SMILES string of the molecule is CB(PCCc1cccc(C(F)(F)F)c1)C(C)(C)C. The number of hydrogen-bond donors (Lipinski definition) is 0. The summed E-state index contributed by atoms with van der Waals surface area (Å²) in [4.78, 5) is 0. The van der Waals surface area contributed by atoms with Gasteiger partial charge in [-0.2, -0.15) is 21.6 Å². The summed E-state index contributed by atoms with van der Waals surface area (Å²) in [5.74, 6) is 0. The van der Waals surface area contributed by atoms with Gasteiger partial charge in [-0.1, -0.05) is 51.1 Å². The van der Waals surface area contributed by atoms with E-state index in [1.54, 1.807) is 6.07 Å². The van der Waals surface area contributed by atoms with Gasteiger partial charge in [-0.25, -0.2) is 0 Å². The van der Waals surface area contributed by atoms with Crippen molar-refractivity contribution < 1.29 is 13.2 Å². The highest BCUT2D eigenvalue weighted by Gasteiger charge is 2.30. The number of hydrogen-bond acceptors (Lipinski definition) is 0. The monoisotopic (exact) mass is 288 g/mol. The van der Waals surface area contributed by atoms with Gasteiger partial charge in [-0.3, -0.25) is 0 Å². The second-order valence-corrected chi connectivity index (χ2v) is 7.76. The summed E-state index contributed by atoms with van der Waals surface area (Å²) in [5.41, 5.74) is 0.237. The third kappa shape index (κ3) is 5.56. The Labute approximate surface area is 116 Å². The number of benzene rings is 1. The maximum absolute atomic E-state index is 12.6. The maximum atomic E-state index is 12.6. The van der Waals surface area contributed by atoms with Crippen molar-refractivity contribution >= 4 is 14.9 Å². The zero-order chi connectivity index (χ0) is 14.7. The van der Waals surface area contributed by atoms with Gasteiger partial charge in [0, 0.05) is 0 Å². The van der Waals surface area contributed by atoms with Crippen LogP contribution in [-0.2, 0) is 12.6 Å². The summed E-state index contributed by atoms with van der Waals surface area (Å²) in [5, 5.41) is 0.270. The highest BCUT2D eigenvalue weighted by Crippen LogP contribution is 2.37. The van der Waals surface area contributed by atoms with Gasteiger partial charge in [-0.15, -0.1) is 0 Å². The standard InChI is InChI=1S/C14H21BF3P/c1-13(2,3)15(4)19-9-8-11-6-5-7-12(10-11)14(16,17)18/h5-7,10,19H,8-9H2,1-4H3. The van der Waals surface area contributed by atoms with Gasteiger partial charge in [0.05, 0.1) is 5.56 Å². The highest BCUT2D eigenvalue weighted by atomic mass is 31.1. The van der Waals surface area contributed by atoms with Crippen LogP contribution >= 0.6 is 8.46 Å². The molecule has 0 nitrogen and oxygen atoms in total. The smallest absolute Gasteiger partial charge is 0.166 e. The molecule has 0 N–H and O–H groups in total. The first-order valence-corrected chi connectivity index (χ1v) is 7.78. The lowest BCUT2D eigenvalue weighted by Gasteiger charge is -2.24. The summed E-state index contributed by atoms with van der Waals surface area (Å²) in [6, 6.07) is 5.67. The lowest BCUT2D eigenvalue weighted by molar-refractivity contribution is -0.137. The Hall–Kier alpha value is -0.495. The Balaban J connectivity index is 2.55. The van der Waals surface area contributed by atoms with Crippen molar-refractivity contribution in [1.29, 1.82) is 0 Å². The highest BCUT2D eigenvalue weighted by molar-refractivity contribution is 7.76. The van der Waals surface area contributed by atoms with Gasteiger partial charge in [0.15, 0.2) is 6.43 Å². The predicted molar refractivity (Wildman–Crippen MR) is 79.7 cm³/mol. The van der Waals surface area contributed by atoms with Gasteiger partial charge in [0.2, 0.25) is 0 Å². The van der Waals surface area contributed by atoms with Gasteiger partial charge in [0.1, 0.15) is 0 Å². The summed E-state index contributed by atoms with van der Waals surface area (Å²) < 4.78 is 37.7. The van der Waals surface area contributed by atoms with Crippen LogP contribution in [0.15, 0.2) is 24.3 Å². The molecule has 1 atom stereocenters. The van der Waals surface area contributed by atoms with E-state index in [-0.39, 0.29) is 5.31 Å². The molecule has 1 aromatic rings. The summed E-state index contributed by atoms with van der Waals surface area (Å²) >= 11 is 0. The van der Waals surface area contributed by atoms with Crippen LogP contribution < -0.4 is 0 Å². The summed E-state index contributed by atoms with van der Waals surface area (Å²) in [7, 11) is 0.785. The number of aryl methyl sites for hydroxylation is 1. The Kier molecular flexibility index (Phi) is 5.49. The van der Waals surface area contributed by atoms with Gasteiger partial charge in [-0.05, 0) is 24.2 Å². The molecule has 1 rings (SSSR count). The molecule has 5 heteroatoms. The molecule has 0 spiro atoms. The maximum Gasteiger partial charge on any atom is 0.416 e. The van der Waals surface area contributed by atoms with Crippen molar-refractivity contribution in [1.82, 2.24) is 0 Å². The van der Waals surface area contributed by atoms with Crippen LogP contribution in [0.25, 0.3) is 0 Å². The fraction of sp³-hybridized carbons (Fsp3) is 0.571. The first-order chi connectivity index (χ1) is 8.60. The minimum absolute atomic E-state index is 0.270. The molecule has 19 heavy (non-hydrogen) atoms. The van der Waals surface area contributed by atoms with Crippen LogP contribution in [0.2, 0.25) is 12.1 Å². The average molecular weight is 288 g/mol. The van der Waals surface area contributed by atoms with Crippen LogP contribution in [-0.4, -0.2) is 12.6 Å². The second-order valence-electron chi connectivity index (χ2n) is 5.99. The van der Waals surface area contributed by atoms with E-state index in [9.17, 15) is 13.2 Å². The number of rotatable bonds is 4. The van der Waals surface area contributed by atoms with Gasteiger partial charge in [0.25, 0.3) is 0 Å². The van der Waals surface area contributed by atoms with Crippen molar-refractivity contribution in [2.75, 3.05) is 6.16 Å². The molecule has 0 aliphatic heterocycles. The van der Waals surface area contributed by atoms with E-state index in [1.807, 2.05) is 0 Å². The minimum atomic E-state index is -4.24. The lowest BCUT2D eigenvalue weighted by Crippen LogP contribution is -2.17. The summed E-state index contributed by atoms with van der Waals surface area (Å²) in [6.07, 6.45) is -1.96. The molecule has 0 aliphatic rings. The largest absolute Gasteiger partial charge is 0.416 e.